The van der Waals surface area contributed by atoms with Crippen LogP contribution in [0.15, 0.2) is 24.3 Å². The van der Waals surface area contributed by atoms with Crippen LogP contribution in [0.5, 0.6) is 0 Å². The monoisotopic (exact) mass is 469 g/mol. The molecule has 3 unspecified atom stereocenters. The van der Waals surface area contributed by atoms with Crippen molar-refractivity contribution < 1.29 is 28.2 Å². The van der Waals surface area contributed by atoms with Crippen LogP contribution < -0.4 is 5.32 Å². The Balaban J connectivity index is 1.49. The summed E-state index contributed by atoms with van der Waals surface area (Å²) in [5, 5.41) is 24.0. The van der Waals surface area contributed by atoms with E-state index in [1.54, 1.807) is 0 Å². The average molecular weight is 470 g/mol. The van der Waals surface area contributed by atoms with Crippen LogP contribution in [0.3, 0.4) is 0 Å². The van der Waals surface area contributed by atoms with Crippen molar-refractivity contribution in [3.05, 3.63) is 35.4 Å². The van der Waals surface area contributed by atoms with Crippen LogP contribution in [0.1, 0.15) is 62.0 Å². The van der Waals surface area contributed by atoms with Gasteiger partial charge in [-0.2, -0.15) is 13.2 Å². The number of rotatable bonds is 5. The van der Waals surface area contributed by atoms with Crippen LogP contribution in [0.2, 0.25) is 0 Å². The van der Waals surface area contributed by atoms with Gasteiger partial charge in [0.2, 0.25) is 5.91 Å². The van der Waals surface area contributed by atoms with Crippen molar-refractivity contribution in [2.75, 3.05) is 26.2 Å². The number of amides is 1. The lowest BCUT2D eigenvalue weighted by atomic mass is 9.87. The molecule has 3 fully saturated rings. The maximum Gasteiger partial charge on any atom is 0.416 e. The van der Waals surface area contributed by atoms with E-state index in [4.69, 9.17) is 0 Å². The molecule has 3 N–H and O–H groups in total. The van der Waals surface area contributed by atoms with Gasteiger partial charge in [0.25, 0.3) is 0 Å². The molecular weight excluding hydrogens is 435 g/mol. The van der Waals surface area contributed by atoms with E-state index in [9.17, 15) is 28.2 Å². The second-order valence-corrected chi connectivity index (χ2v) is 9.81. The normalized spacial score (nSPS) is 27.5. The molecule has 3 aliphatic rings. The molecule has 6 nitrogen and oxygen atoms in total. The highest BCUT2D eigenvalue weighted by molar-refractivity contribution is 5.79. The van der Waals surface area contributed by atoms with Crippen LogP contribution in [0, 0.1) is 5.92 Å². The number of nitrogens with zero attached hydrogens (tertiary/aromatic N) is 2. The molecule has 1 aliphatic carbocycles. The molecule has 33 heavy (non-hydrogen) atoms. The van der Waals surface area contributed by atoms with Crippen molar-refractivity contribution in [3.8, 4) is 0 Å². The Morgan fingerprint density at radius 2 is 1.64 bits per heavy atom. The number of aliphatic hydroxyl groups is 2. The number of piperidine rings is 2. The van der Waals surface area contributed by atoms with Crippen molar-refractivity contribution in [2.45, 2.75) is 75.5 Å². The van der Waals surface area contributed by atoms with Crippen molar-refractivity contribution in [1.82, 2.24) is 15.1 Å². The minimum Gasteiger partial charge on any atom is -0.393 e. The zero-order valence-electron chi connectivity index (χ0n) is 18.8. The Hall–Kier alpha value is -1.68. The zero-order valence-corrected chi connectivity index (χ0v) is 18.8. The summed E-state index contributed by atoms with van der Waals surface area (Å²) in [7, 11) is 0. The van der Waals surface area contributed by atoms with Gasteiger partial charge in [-0.3, -0.25) is 14.6 Å². The van der Waals surface area contributed by atoms with Gasteiger partial charge in [-0.1, -0.05) is 25.0 Å². The van der Waals surface area contributed by atoms with Gasteiger partial charge in [-0.25, -0.2) is 0 Å². The third-order valence-corrected chi connectivity index (χ3v) is 7.41. The second-order valence-electron chi connectivity index (χ2n) is 9.81. The van der Waals surface area contributed by atoms with Crippen LogP contribution in [0.4, 0.5) is 13.2 Å². The lowest BCUT2D eigenvalue weighted by molar-refractivity contribution is -0.141. The summed E-state index contributed by atoms with van der Waals surface area (Å²) in [6.07, 6.45) is 0.103. The Morgan fingerprint density at radius 1 is 1.00 bits per heavy atom. The topological polar surface area (TPSA) is 76.0 Å². The molecule has 1 aromatic carbocycles. The Kier molecular flexibility index (Phi) is 7.63. The first kappa shape index (κ1) is 24.4. The zero-order chi connectivity index (χ0) is 23.6. The van der Waals surface area contributed by atoms with Gasteiger partial charge in [0.05, 0.1) is 11.7 Å². The number of hydrogen-bond donors (Lipinski definition) is 3. The highest BCUT2D eigenvalue weighted by Gasteiger charge is 2.37. The first-order chi connectivity index (χ1) is 15.7. The van der Waals surface area contributed by atoms with Crippen LogP contribution >= 0.6 is 0 Å². The lowest BCUT2D eigenvalue weighted by Crippen LogP contribution is -2.59. The highest BCUT2D eigenvalue weighted by Crippen LogP contribution is 2.34. The number of alkyl halides is 3. The first-order valence-corrected chi connectivity index (χ1v) is 12.0. The van der Waals surface area contributed by atoms with Crippen molar-refractivity contribution in [1.29, 1.82) is 0 Å². The van der Waals surface area contributed by atoms with E-state index in [-0.39, 0.29) is 29.9 Å². The molecule has 0 bridgehead atoms. The number of carbonyl (C=O) groups is 1. The summed E-state index contributed by atoms with van der Waals surface area (Å²) in [6.45, 7) is 2.11. The summed E-state index contributed by atoms with van der Waals surface area (Å²) in [5.41, 5.74) is 0.0889. The molecule has 2 saturated heterocycles. The fraction of sp³-hybridized carbons (Fsp3) is 0.708. The molecule has 1 aromatic rings. The quantitative estimate of drug-likeness (QED) is 0.618. The largest absolute Gasteiger partial charge is 0.416 e. The number of aliphatic hydroxyl groups excluding tert-OH is 2. The minimum absolute atomic E-state index is 0.0263. The highest BCUT2D eigenvalue weighted by atomic mass is 19.4. The Morgan fingerprint density at radius 3 is 2.24 bits per heavy atom. The molecule has 3 atom stereocenters. The number of likely N-dealkylation sites (tertiary alicyclic amines) is 2. The van der Waals surface area contributed by atoms with E-state index in [2.05, 4.69) is 5.32 Å². The standard InChI is InChI=1S/C24H34F3N3O3/c25-24(26,27)19-7-5-16(6-8-19)18-13-20(28-22(32)17-3-1-2-4-17)15-30(14-18)23(33)29-11-9-21(31)10-12-29/h5-8,17-18,20-21,23,31,33H,1-4,9-15H2,(H,28,32). The molecule has 0 radical (unpaired) electrons. The molecule has 184 valence electrons. The molecule has 1 saturated carbocycles. The minimum atomic E-state index is -4.38. The van der Waals surface area contributed by atoms with E-state index in [1.165, 1.54) is 12.1 Å². The van der Waals surface area contributed by atoms with Gasteiger partial charge in [0.1, 0.15) is 0 Å². The molecule has 9 heteroatoms. The molecule has 1 amide bonds. The van der Waals surface area contributed by atoms with Gasteiger partial charge < -0.3 is 15.5 Å². The van der Waals surface area contributed by atoms with Gasteiger partial charge >= 0.3 is 6.18 Å². The predicted octanol–water partition coefficient (Wildman–Crippen LogP) is 2.90. The SMILES string of the molecule is O=C(NC1CC(c2ccc(C(F)(F)F)cc2)CN(C(O)N2CCC(O)CC2)C1)C1CCCC1. The van der Waals surface area contributed by atoms with E-state index in [0.29, 0.717) is 45.4 Å². The van der Waals surface area contributed by atoms with Crippen LogP contribution in [-0.4, -0.2) is 70.6 Å². The fourth-order valence-electron chi connectivity index (χ4n) is 5.47. The Bertz CT molecular complexity index is 790. The van der Waals surface area contributed by atoms with E-state index in [0.717, 1.165) is 43.4 Å². The van der Waals surface area contributed by atoms with E-state index in [1.807, 2.05) is 9.80 Å². The summed E-state index contributed by atoms with van der Waals surface area (Å²) in [6, 6.07) is 5.03. The van der Waals surface area contributed by atoms with E-state index >= 15 is 0 Å². The summed E-state index contributed by atoms with van der Waals surface area (Å²) < 4.78 is 39.0. The number of carbonyl (C=O) groups excluding carboxylic acids is 1. The third-order valence-electron chi connectivity index (χ3n) is 7.41. The fourth-order valence-corrected chi connectivity index (χ4v) is 5.47. The molecular formula is C24H34F3N3O3. The van der Waals surface area contributed by atoms with Crippen molar-refractivity contribution in [3.63, 3.8) is 0 Å². The second kappa shape index (κ2) is 10.3. The predicted molar refractivity (Wildman–Crippen MR) is 117 cm³/mol. The number of benzene rings is 1. The first-order valence-electron chi connectivity index (χ1n) is 12.0. The summed E-state index contributed by atoms with van der Waals surface area (Å²) in [4.78, 5) is 16.6. The average Bonchev–Trinajstić information content (AvgIpc) is 3.34. The van der Waals surface area contributed by atoms with Crippen LogP contribution in [0.25, 0.3) is 0 Å². The molecule has 2 aliphatic heterocycles. The third kappa shape index (κ3) is 6.07. The summed E-state index contributed by atoms with van der Waals surface area (Å²) >= 11 is 0. The summed E-state index contributed by atoms with van der Waals surface area (Å²) in [5.74, 6) is -0.0422. The molecule has 0 spiro atoms. The number of hydrogen-bond acceptors (Lipinski definition) is 5. The molecule has 4 rings (SSSR count). The van der Waals surface area contributed by atoms with E-state index < -0.39 is 18.1 Å². The van der Waals surface area contributed by atoms with Gasteiger partial charge in [0, 0.05) is 38.1 Å². The van der Waals surface area contributed by atoms with Gasteiger partial charge in [-0.15, -0.1) is 0 Å². The molecule has 2 heterocycles. The van der Waals surface area contributed by atoms with Gasteiger partial charge in [0.15, 0.2) is 6.35 Å². The Labute approximate surface area is 192 Å². The maximum absolute atomic E-state index is 13.0. The smallest absolute Gasteiger partial charge is 0.393 e. The molecule has 0 aromatic heterocycles. The maximum atomic E-state index is 13.0. The van der Waals surface area contributed by atoms with Crippen molar-refractivity contribution in [2.24, 2.45) is 5.92 Å². The van der Waals surface area contributed by atoms with Gasteiger partial charge in [-0.05, 0) is 55.7 Å². The number of nitrogens with one attached hydrogen (secondary N) is 1. The van der Waals surface area contributed by atoms with Crippen LogP contribution in [-0.2, 0) is 11.0 Å². The lowest BCUT2D eigenvalue weighted by Gasteiger charge is -2.45. The number of halogens is 3. The van der Waals surface area contributed by atoms with Crippen molar-refractivity contribution >= 4 is 5.91 Å².